The van der Waals surface area contributed by atoms with Crippen LogP contribution in [0.1, 0.15) is 49.4 Å². The average Bonchev–Trinajstić information content (AvgIpc) is 3.28. The summed E-state index contributed by atoms with van der Waals surface area (Å²) in [5.41, 5.74) is 3.14. The molecule has 0 aliphatic carbocycles. The van der Waals surface area contributed by atoms with Gasteiger partial charge < -0.3 is 9.64 Å². The number of hydrogen-bond acceptors (Lipinski definition) is 5. The topological polar surface area (TPSA) is 97.5 Å². The Morgan fingerprint density at radius 1 is 1.05 bits per heavy atom. The smallest absolute Gasteiger partial charge is 0.235 e. The maximum Gasteiger partial charge on any atom is 0.235 e. The van der Waals surface area contributed by atoms with E-state index in [1.54, 1.807) is 24.2 Å². The first-order chi connectivity index (χ1) is 17.3. The Morgan fingerprint density at radius 3 is 2.42 bits per heavy atom. The average molecular weight is 576 g/mol. The van der Waals surface area contributed by atoms with Gasteiger partial charge in [0.1, 0.15) is 11.9 Å². The standard InChI is InChI=1S/C28H30N4O3S.2ClH/c1-3-36(33,34)32-27(22-7-6-21-5-4-20(18-29)14-24(21)15-22)16-23-8-9-26(17-28(23)32)35-25-10-12-31(13-11-25)19(2)30;;/h4-9,14-15,17,25,27,30H,3,10-13,16H2,1-2H3;2*1H. The van der Waals surface area contributed by atoms with Gasteiger partial charge in [-0.3, -0.25) is 9.71 Å². The Kier molecular flexibility index (Phi) is 9.19. The number of nitriles is 1. The van der Waals surface area contributed by atoms with E-state index in [-0.39, 0.29) is 42.7 Å². The Bertz CT molecular complexity index is 1480. The van der Waals surface area contributed by atoms with E-state index in [1.807, 2.05) is 53.4 Å². The van der Waals surface area contributed by atoms with Crippen molar-refractivity contribution in [3.05, 3.63) is 71.3 Å². The van der Waals surface area contributed by atoms with Gasteiger partial charge in [0, 0.05) is 38.4 Å². The molecule has 10 heteroatoms. The van der Waals surface area contributed by atoms with E-state index in [2.05, 4.69) is 6.07 Å². The first-order valence-corrected chi connectivity index (χ1v) is 14.0. The van der Waals surface area contributed by atoms with Crippen LogP contribution in [-0.4, -0.2) is 44.1 Å². The Hall–Kier alpha value is -2.99. The summed E-state index contributed by atoms with van der Waals surface area (Å²) in [7, 11) is -3.55. The molecule has 0 bridgehead atoms. The molecule has 38 heavy (non-hydrogen) atoms. The maximum absolute atomic E-state index is 13.3. The summed E-state index contributed by atoms with van der Waals surface area (Å²) in [6.45, 7) is 5.06. The number of fused-ring (bicyclic) bond motifs is 2. The van der Waals surface area contributed by atoms with Crippen molar-refractivity contribution >= 4 is 57.1 Å². The molecule has 1 atom stereocenters. The van der Waals surface area contributed by atoms with Crippen LogP contribution in [-0.2, 0) is 16.4 Å². The van der Waals surface area contributed by atoms with Crippen molar-refractivity contribution in [3.8, 4) is 11.8 Å². The highest BCUT2D eigenvalue weighted by molar-refractivity contribution is 7.92. The predicted molar refractivity (Wildman–Crippen MR) is 157 cm³/mol. The molecule has 0 spiro atoms. The fraction of sp³-hybridized carbons (Fsp3) is 0.357. The summed E-state index contributed by atoms with van der Waals surface area (Å²) in [4.78, 5) is 2.05. The second kappa shape index (κ2) is 11.8. The number of sulfonamides is 1. The normalized spacial score (nSPS) is 17.2. The molecular formula is C28H32Cl2N4O3S. The molecule has 3 aromatic carbocycles. The van der Waals surface area contributed by atoms with Crippen LogP contribution >= 0.6 is 24.8 Å². The molecule has 1 unspecified atom stereocenters. The number of piperidine rings is 1. The number of ether oxygens (including phenoxy) is 1. The van der Waals surface area contributed by atoms with Gasteiger partial charge in [-0.15, -0.1) is 24.8 Å². The number of likely N-dealkylation sites (tertiary alicyclic amines) is 1. The lowest BCUT2D eigenvalue weighted by Gasteiger charge is -2.33. The SMILES string of the molecule is CCS(=O)(=O)N1c2cc(OC3CCN(C(C)=N)CC3)ccc2CC1c1ccc2ccc(C#N)cc2c1.Cl.Cl. The van der Waals surface area contributed by atoms with E-state index in [4.69, 9.17) is 10.1 Å². The second-order valence-electron chi connectivity index (χ2n) is 9.53. The molecule has 3 aromatic rings. The summed E-state index contributed by atoms with van der Waals surface area (Å²) in [5, 5.41) is 19.1. The molecule has 0 aromatic heterocycles. The minimum Gasteiger partial charge on any atom is -0.490 e. The van der Waals surface area contributed by atoms with Gasteiger partial charge in [-0.2, -0.15) is 5.26 Å². The zero-order valence-corrected chi connectivity index (χ0v) is 23.8. The minimum atomic E-state index is -3.55. The van der Waals surface area contributed by atoms with E-state index in [1.165, 1.54) is 0 Å². The number of anilines is 1. The third-order valence-electron chi connectivity index (χ3n) is 7.25. The van der Waals surface area contributed by atoms with Crippen LogP contribution in [0.2, 0.25) is 0 Å². The lowest BCUT2D eigenvalue weighted by atomic mass is 9.98. The summed E-state index contributed by atoms with van der Waals surface area (Å²) in [6.07, 6.45) is 2.28. The van der Waals surface area contributed by atoms with Crippen molar-refractivity contribution < 1.29 is 13.2 Å². The molecule has 1 N–H and O–H groups in total. The van der Waals surface area contributed by atoms with Crippen molar-refractivity contribution in [3.63, 3.8) is 0 Å². The highest BCUT2D eigenvalue weighted by Crippen LogP contribution is 2.44. The molecular weight excluding hydrogens is 543 g/mol. The van der Waals surface area contributed by atoms with E-state index in [0.717, 1.165) is 47.8 Å². The number of nitrogens with one attached hydrogen (secondary N) is 1. The number of halogens is 2. The van der Waals surface area contributed by atoms with Crippen molar-refractivity contribution in [2.24, 2.45) is 0 Å². The Balaban J connectivity index is 0.00000200. The number of benzene rings is 3. The second-order valence-corrected chi connectivity index (χ2v) is 11.7. The number of nitrogens with zero attached hydrogens (tertiary/aromatic N) is 3. The first kappa shape index (κ1) is 29.6. The number of hydrogen-bond donors (Lipinski definition) is 1. The van der Waals surface area contributed by atoms with Crippen molar-refractivity contribution in [1.82, 2.24) is 4.90 Å². The molecule has 1 fully saturated rings. The van der Waals surface area contributed by atoms with Gasteiger partial charge in [0.25, 0.3) is 0 Å². The molecule has 1 saturated heterocycles. The molecule has 2 heterocycles. The highest BCUT2D eigenvalue weighted by atomic mass is 35.5. The van der Waals surface area contributed by atoms with Crippen LogP contribution in [0, 0.1) is 16.7 Å². The fourth-order valence-electron chi connectivity index (χ4n) is 5.23. The molecule has 5 rings (SSSR count). The summed E-state index contributed by atoms with van der Waals surface area (Å²) >= 11 is 0. The third-order valence-corrected chi connectivity index (χ3v) is 9.03. The van der Waals surface area contributed by atoms with Crippen molar-refractivity contribution in [2.45, 2.75) is 45.3 Å². The molecule has 0 amide bonds. The van der Waals surface area contributed by atoms with Gasteiger partial charge in [-0.1, -0.05) is 24.3 Å². The lowest BCUT2D eigenvalue weighted by molar-refractivity contribution is 0.130. The molecule has 202 valence electrons. The molecule has 2 aliphatic rings. The van der Waals surface area contributed by atoms with Crippen LogP contribution in [0.25, 0.3) is 10.8 Å². The molecule has 7 nitrogen and oxygen atoms in total. The summed E-state index contributed by atoms with van der Waals surface area (Å²) < 4.78 is 34.5. The Morgan fingerprint density at radius 2 is 1.76 bits per heavy atom. The summed E-state index contributed by atoms with van der Waals surface area (Å²) in [5.74, 6) is 1.25. The van der Waals surface area contributed by atoms with E-state index < -0.39 is 10.0 Å². The van der Waals surface area contributed by atoms with Gasteiger partial charge in [0.2, 0.25) is 10.0 Å². The highest BCUT2D eigenvalue weighted by Gasteiger charge is 2.38. The van der Waals surface area contributed by atoms with E-state index in [0.29, 0.717) is 29.3 Å². The molecule has 2 aliphatic heterocycles. The van der Waals surface area contributed by atoms with Gasteiger partial charge in [-0.05, 0) is 60.0 Å². The zero-order valence-electron chi connectivity index (χ0n) is 21.4. The molecule has 0 saturated carbocycles. The largest absolute Gasteiger partial charge is 0.490 e. The van der Waals surface area contributed by atoms with Gasteiger partial charge in [0.15, 0.2) is 0 Å². The minimum absolute atomic E-state index is 0. The van der Waals surface area contributed by atoms with Gasteiger partial charge in [-0.25, -0.2) is 8.42 Å². The maximum atomic E-state index is 13.3. The number of amidine groups is 1. The summed E-state index contributed by atoms with van der Waals surface area (Å²) in [6, 6.07) is 19.1. The van der Waals surface area contributed by atoms with E-state index >= 15 is 0 Å². The van der Waals surface area contributed by atoms with Gasteiger partial charge in [0.05, 0.1) is 35.0 Å². The van der Waals surface area contributed by atoms with Crippen LogP contribution in [0.4, 0.5) is 5.69 Å². The van der Waals surface area contributed by atoms with Crippen molar-refractivity contribution in [1.29, 1.82) is 10.7 Å². The van der Waals surface area contributed by atoms with Crippen molar-refractivity contribution in [2.75, 3.05) is 23.1 Å². The van der Waals surface area contributed by atoms with E-state index in [9.17, 15) is 13.7 Å². The van der Waals surface area contributed by atoms with Crippen LogP contribution < -0.4 is 9.04 Å². The molecule has 0 radical (unpaired) electrons. The third kappa shape index (κ3) is 5.70. The fourth-order valence-corrected chi connectivity index (χ4v) is 6.57. The monoisotopic (exact) mass is 574 g/mol. The van der Waals surface area contributed by atoms with Crippen LogP contribution in [0.5, 0.6) is 5.75 Å². The quantitative estimate of drug-likeness (QED) is 0.304. The lowest BCUT2D eigenvalue weighted by Crippen LogP contribution is -2.40. The number of rotatable bonds is 5. The van der Waals surface area contributed by atoms with Crippen LogP contribution in [0.3, 0.4) is 0 Å². The zero-order chi connectivity index (χ0) is 25.4. The van der Waals surface area contributed by atoms with Gasteiger partial charge >= 0.3 is 0 Å². The first-order valence-electron chi connectivity index (χ1n) is 12.3. The predicted octanol–water partition coefficient (Wildman–Crippen LogP) is 5.85. The Labute approximate surface area is 236 Å². The van der Waals surface area contributed by atoms with Crippen LogP contribution in [0.15, 0.2) is 54.6 Å².